The molecule has 0 bridgehead atoms. The van der Waals surface area contributed by atoms with Gasteiger partial charge in [-0.2, -0.15) is 0 Å². The second-order valence-corrected chi connectivity index (χ2v) is 4.62. The number of thiazole rings is 1. The van der Waals surface area contributed by atoms with E-state index in [1.165, 1.54) is 6.92 Å². The molecule has 1 amide bonds. The zero-order valence-electron chi connectivity index (χ0n) is 9.02. The van der Waals surface area contributed by atoms with Crippen molar-refractivity contribution in [3.05, 3.63) is 29.7 Å². The van der Waals surface area contributed by atoms with Crippen molar-refractivity contribution in [2.75, 3.05) is 5.32 Å². The van der Waals surface area contributed by atoms with Crippen LogP contribution in [0.1, 0.15) is 11.9 Å². The summed E-state index contributed by atoms with van der Waals surface area (Å²) in [6.07, 6.45) is 5.20. The van der Waals surface area contributed by atoms with Crippen molar-refractivity contribution in [1.29, 1.82) is 0 Å². The first kappa shape index (κ1) is 10.8. The van der Waals surface area contributed by atoms with Crippen molar-refractivity contribution in [3.63, 3.8) is 0 Å². The Morgan fingerprint density at radius 1 is 1.38 bits per heavy atom. The summed E-state index contributed by atoms with van der Waals surface area (Å²) in [5, 5.41) is 3.72. The molecule has 2 heterocycles. The molecule has 0 radical (unpaired) electrons. The molecule has 2 aromatic rings. The maximum atomic E-state index is 10.9. The number of anilines is 1. The van der Waals surface area contributed by atoms with Gasteiger partial charge in [0.2, 0.25) is 5.91 Å². The van der Waals surface area contributed by atoms with Gasteiger partial charge in [-0.1, -0.05) is 0 Å². The standard InChI is InChI=1S/C11H11N3OS/c1-7(15)14-10-3-9(4-12-5-10)11-6-13-8(2)16-11/h3-6H,1-2H3,(H,14,15). The number of nitrogens with zero attached hydrogens (tertiary/aromatic N) is 2. The molecule has 0 aromatic carbocycles. The minimum Gasteiger partial charge on any atom is -0.325 e. The minimum atomic E-state index is -0.0977. The summed E-state index contributed by atoms with van der Waals surface area (Å²) < 4.78 is 0. The van der Waals surface area contributed by atoms with Gasteiger partial charge in [0.15, 0.2) is 0 Å². The summed E-state index contributed by atoms with van der Waals surface area (Å²) in [5.41, 5.74) is 1.67. The lowest BCUT2D eigenvalue weighted by Crippen LogP contribution is -2.05. The predicted molar refractivity (Wildman–Crippen MR) is 64.4 cm³/mol. The number of aromatic nitrogens is 2. The number of aryl methyl sites for hydroxylation is 1. The van der Waals surface area contributed by atoms with Gasteiger partial charge in [-0.15, -0.1) is 11.3 Å². The molecule has 16 heavy (non-hydrogen) atoms. The Morgan fingerprint density at radius 3 is 2.81 bits per heavy atom. The zero-order chi connectivity index (χ0) is 11.5. The highest BCUT2D eigenvalue weighted by atomic mass is 32.1. The largest absolute Gasteiger partial charge is 0.325 e. The van der Waals surface area contributed by atoms with Gasteiger partial charge >= 0.3 is 0 Å². The molecule has 0 fully saturated rings. The van der Waals surface area contributed by atoms with Gasteiger partial charge in [0, 0.05) is 24.9 Å². The lowest BCUT2D eigenvalue weighted by Gasteiger charge is -2.02. The number of carbonyl (C=O) groups excluding carboxylic acids is 1. The van der Waals surface area contributed by atoms with Crippen molar-refractivity contribution in [2.45, 2.75) is 13.8 Å². The predicted octanol–water partition coefficient (Wildman–Crippen LogP) is 2.47. The number of hydrogen-bond donors (Lipinski definition) is 1. The van der Waals surface area contributed by atoms with E-state index >= 15 is 0 Å². The first-order chi connectivity index (χ1) is 7.65. The first-order valence-corrected chi connectivity index (χ1v) is 5.62. The SMILES string of the molecule is CC(=O)Nc1cncc(-c2cnc(C)s2)c1. The van der Waals surface area contributed by atoms with Crippen LogP contribution in [-0.4, -0.2) is 15.9 Å². The van der Waals surface area contributed by atoms with Crippen LogP contribution in [0.25, 0.3) is 10.4 Å². The molecule has 0 saturated carbocycles. The molecule has 0 aliphatic carbocycles. The monoisotopic (exact) mass is 233 g/mol. The van der Waals surface area contributed by atoms with Crippen molar-refractivity contribution < 1.29 is 4.79 Å². The Labute approximate surface area is 97.4 Å². The fourth-order valence-corrected chi connectivity index (χ4v) is 2.10. The van der Waals surface area contributed by atoms with E-state index in [-0.39, 0.29) is 5.91 Å². The van der Waals surface area contributed by atoms with Crippen molar-refractivity contribution in [3.8, 4) is 10.4 Å². The molecular weight excluding hydrogens is 222 g/mol. The van der Waals surface area contributed by atoms with Gasteiger partial charge in [-0.05, 0) is 13.0 Å². The summed E-state index contributed by atoms with van der Waals surface area (Å²) in [5.74, 6) is -0.0977. The number of carbonyl (C=O) groups is 1. The van der Waals surface area contributed by atoms with Gasteiger partial charge in [0.25, 0.3) is 0 Å². The van der Waals surface area contributed by atoms with Gasteiger partial charge in [-0.3, -0.25) is 9.78 Å². The van der Waals surface area contributed by atoms with E-state index in [0.29, 0.717) is 5.69 Å². The van der Waals surface area contributed by atoms with Crippen molar-refractivity contribution in [1.82, 2.24) is 9.97 Å². The Bertz CT molecular complexity index is 521. The van der Waals surface area contributed by atoms with E-state index < -0.39 is 0 Å². The summed E-state index contributed by atoms with van der Waals surface area (Å²) in [6.45, 7) is 3.43. The average Bonchev–Trinajstić information content (AvgIpc) is 2.64. The van der Waals surface area contributed by atoms with Gasteiger partial charge in [-0.25, -0.2) is 4.98 Å². The molecule has 0 aliphatic heterocycles. The maximum Gasteiger partial charge on any atom is 0.221 e. The summed E-state index contributed by atoms with van der Waals surface area (Å²) in [4.78, 5) is 20.2. The number of nitrogens with one attached hydrogen (secondary N) is 1. The highest BCUT2D eigenvalue weighted by molar-refractivity contribution is 7.15. The molecule has 0 atom stereocenters. The normalized spacial score (nSPS) is 10.1. The van der Waals surface area contributed by atoms with Crippen LogP contribution in [0.5, 0.6) is 0 Å². The molecule has 2 rings (SSSR count). The molecule has 4 nitrogen and oxygen atoms in total. The molecule has 0 saturated heterocycles. The Balaban J connectivity index is 2.32. The quantitative estimate of drug-likeness (QED) is 0.867. The van der Waals surface area contributed by atoms with E-state index in [9.17, 15) is 4.79 Å². The smallest absolute Gasteiger partial charge is 0.221 e. The van der Waals surface area contributed by atoms with Crippen LogP contribution < -0.4 is 5.32 Å². The third kappa shape index (κ3) is 2.43. The van der Waals surface area contributed by atoms with Crippen LogP contribution in [0.2, 0.25) is 0 Å². The van der Waals surface area contributed by atoms with Crippen LogP contribution in [0.4, 0.5) is 5.69 Å². The molecular formula is C11H11N3OS. The van der Waals surface area contributed by atoms with Gasteiger partial charge in [0.05, 0.1) is 21.8 Å². The molecule has 82 valence electrons. The van der Waals surface area contributed by atoms with E-state index in [1.54, 1.807) is 23.7 Å². The number of amides is 1. The number of rotatable bonds is 2. The number of hydrogen-bond acceptors (Lipinski definition) is 4. The van der Waals surface area contributed by atoms with Crippen LogP contribution in [0.15, 0.2) is 24.7 Å². The molecule has 2 aromatic heterocycles. The van der Waals surface area contributed by atoms with Crippen LogP contribution in [0.3, 0.4) is 0 Å². The maximum absolute atomic E-state index is 10.9. The number of pyridine rings is 1. The lowest BCUT2D eigenvalue weighted by molar-refractivity contribution is -0.114. The van der Waals surface area contributed by atoms with E-state index in [2.05, 4.69) is 15.3 Å². The molecule has 0 spiro atoms. The third-order valence-electron chi connectivity index (χ3n) is 1.96. The second kappa shape index (κ2) is 4.40. The highest BCUT2D eigenvalue weighted by Gasteiger charge is 2.04. The Kier molecular flexibility index (Phi) is 2.96. The molecule has 0 aliphatic rings. The summed E-state index contributed by atoms with van der Waals surface area (Å²) in [7, 11) is 0. The minimum absolute atomic E-state index is 0.0977. The van der Waals surface area contributed by atoms with Crippen LogP contribution in [0, 0.1) is 6.92 Å². The summed E-state index contributed by atoms with van der Waals surface area (Å²) >= 11 is 1.60. The average molecular weight is 233 g/mol. The topological polar surface area (TPSA) is 54.9 Å². The Hall–Kier alpha value is -1.75. The fourth-order valence-electron chi connectivity index (χ4n) is 1.34. The van der Waals surface area contributed by atoms with E-state index in [4.69, 9.17) is 0 Å². The van der Waals surface area contributed by atoms with Crippen LogP contribution >= 0.6 is 11.3 Å². The van der Waals surface area contributed by atoms with E-state index in [0.717, 1.165) is 15.4 Å². The highest BCUT2D eigenvalue weighted by Crippen LogP contribution is 2.26. The zero-order valence-corrected chi connectivity index (χ0v) is 9.84. The van der Waals surface area contributed by atoms with Crippen LogP contribution in [-0.2, 0) is 4.79 Å². The van der Waals surface area contributed by atoms with Gasteiger partial charge < -0.3 is 5.32 Å². The first-order valence-electron chi connectivity index (χ1n) is 4.80. The second-order valence-electron chi connectivity index (χ2n) is 3.39. The van der Waals surface area contributed by atoms with E-state index in [1.807, 2.05) is 19.2 Å². The molecule has 1 N–H and O–H groups in total. The van der Waals surface area contributed by atoms with Gasteiger partial charge in [0.1, 0.15) is 0 Å². The third-order valence-corrected chi connectivity index (χ3v) is 2.93. The molecule has 0 unspecified atom stereocenters. The molecule has 5 heteroatoms. The Morgan fingerprint density at radius 2 is 2.19 bits per heavy atom. The van der Waals surface area contributed by atoms with Crippen molar-refractivity contribution in [2.24, 2.45) is 0 Å². The summed E-state index contributed by atoms with van der Waals surface area (Å²) in [6, 6.07) is 1.89. The van der Waals surface area contributed by atoms with Crippen molar-refractivity contribution >= 4 is 22.9 Å². The lowest BCUT2D eigenvalue weighted by atomic mass is 10.2. The fraction of sp³-hybridized carbons (Fsp3) is 0.182.